The molecule has 0 saturated carbocycles. The second kappa shape index (κ2) is 4.54. The van der Waals surface area contributed by atoms with Gasteiger partial charge in [-0.3, -0.25) is 0 Å². The van der Waals surface area contributed by atoms with Crippen molar-refractivity contribution in [3.05, 3.63) is 48.2 Å². The van der Waals surface area contributed by atoms with E-state index in [0.29, 0.717) is 0 Å². The SMILES string of the molecule is C=C(CC)Cn1ccc2cccc(CO)c21. The Kier molecular flexibility index (Phi) is 3.11. The highest BCUT2D eigenvalue weighted by Gasteiger charge is 2.05. The number of aliphatic hydroxyl groups excluding tert-OH is 1. The number of allylic oxidation sites excluding steroid dienone is 1. The molecule has 0 atom stereocenters. The van der Waals surface area contributed by atoms with E-state index < -0.39 is 0 Å². The number of benzene rings is 1. The Labute approximate surface area is 95.8 Å². The molecule has 0 spiro atoms. The maximum Gasteiger partial charge on any atom is 0.0702 e. The highest BCUT2D eigenvalue weighted by Crippen LogP contribution is 2.21. The van der Waals surface area contributed by atoms with Crippen LogP contribution >= 0.6 is 0 Å². The summed E-state index contributed by atoms with van der Waals surface area (Å²) in [4.78, 5) is 0. The minimum atomic E-state index is 0.0833. The summed E-state index contributed by atoms with van der Waals surface area (Å²) in [5.41, 5.74) is 3.30. The first-order valence-corrected chi connectivity index (χ1v) is 5.60. The molecule has 2 aromatic rings. The monoisotopic (exact) mass is 215 g/mol. The van der Waals surface area contributed by atoms with Crippen LogP contribution in [0.25, 0.3) is 10.9 Å². The number of para-hydroxylation sites is 1. The van der Waals surface area contributed by atoms with Gasteiger partial charge >= 0.3 is 0 Å². The van der Waals surface area contributed by atoms with Crippen LogP contribution in [0.5, 0.6) is 0 Å². The molecule has 2 rings (SSSR count). The van der Waals surface area contributed by atoms with Gasteiger partial charge in [-0.2, -0.15) is 0 Å². The lowest BCUT2D eigenvalue weighted by molar-refractivity contribution is 0.283. The number of rotatable bonds is 4. The molecule has 0 aliphatic rings. The van der Waals surface area contributed by atoms with Crippen LogP contribution in [0, 0.1) is 0 Å². The zero-order valence-corrected chi connectivity index (χ0v) is 9.61. The number of aliphatic hydroxyl groups is 1. The van der Waals surface area contributed by atoms with E-state index in [1.807, 2.05) is 12.1 Å². The van der Waals surface area contributed by atoms with Crippen LogP contribution in [0.4, 0.5) is 0 Å². The summed E-state index contributed by atoms with van der Waals surface area (Å²) in [7, 11) is 0. The number of aromatic nitrogens is 1. The number of nitrogens with zero attached hydrogens (tertiary/aromatic N) is 1. The van der Waals surface area contributed by atoms with E-state index in [1.54, 1.807) is 0 Å². The molecule has 0 radical (unpaired) electrons. The molecule has 1 aromatic heterocycles. The van der Waals surface area contributed by atoms with Gasteiger partial charge in [-0.25, -0.2) is 0 Å². The van der Waals surface area contributed by atoms with Crippen LogP contribution in [0.15, 0.2) is 42.6 Å². The van der Waals surface area contributed by atoms with Crippen molar-refractivity contribution in [1.82, 2.24) is 4.57 Å². The topological polar surface area (TPSA) is 25.2 Å². The fraction of sp³-hybridized carbons (Fsp3) is 0.286. The zero-order chi connectivity index (χ0) is 11.5. The van der Waals surface area contributed by atoms with Crippen LogP contribution < -0.4 is 0 Å². The summed E-state index contributed by atoms with van der Waals surface area (Å²) in [5, 5.41) is 10.5. The van der Waals surface area contributed by atoms with Crippen LogP contribution in [-0.2, 0) is 13.2 Å². The fourth-order valence-electron chi connectivity index (χ4n) is 1.95. The summed E-state index contributed by atoms with van der Waals surface area (Å²) in [5.74, 6) is 0. The van der Waals surface area contributed by atoms with Gasteiger partial charge in [-0.15, -0.1) is 0 Å². The Morgan fingerprint density at radius 2 is 2.19 bits per heavy atom. The fourth-order valence-corrected chi connectivity index (χ4v) is 1.95. The smallest absolute Gasteiger partial charge is 0.0702 e. The van der Waals surface area contributed by atoms with Gasteiger partial charge in [-0.1, -0.05) is 37.3 Å². The summed E-state index contributed by atoms with van der Waals surface area (Å²) in [6.07, 6.45) is 3.05. The molecule has 84 valence electrons. The van der Waals surface area contributed by atoms with E-state index in [4.69, 9.17) is 0 Å². The molecular weight excluding hydrogens is 198 g/mol. The lowest BCUT2D eigenvalue weighted by Gasteiger charge is -2.09. The van der Waals surface area contributed by atoms with Crippen LogP contribution in [-0.4, -0.2) is 9.67 Å². The lowest BCUT2D eigenvalue weighted by Crippen LogP contribution is -2.00. The van der Waals surface area contributed by atoms with Crippen molar-refractivity contribution in [2.75, 3.05) is 0 Å². The summed E-state index contributed by atoms with van der Waals surface area (Å²) in [6, 6.07) is 8.09. The highest BCUT2D eigenvalue weighted by atomic mass is 16.3. The molecule has 16 heavy (non-hydrogen) atoms. The molecule has 0 unspecified atom stereocenters. The van der Waals surface area contributed by atoms with Crippen molar-refractivity contribution in [1.29, 1.82) is 0 Å². The third-order valence-electron chi connectivity index (χ3n) is 2.94. The van der Waals surface area contributed by atoms with Gasteiger partial charge in [-0.05, 0) is 17.9 Å². The van der Waals surface area contributed by atoms with E-state index in [2.05, 4.69) is 36.4 Å². The van der Waals surface area contributed by atoms with Crippen molar-refractivity contribution in [2.24, 2.45) is 0 Å². The highest BCUT2D eigenvalue weighted by molar-refractivity contribution is 5.83. The van der Waals surface area contributed by atoms with Gasteiger partial charge < -0.3 is 9.67 Å². The second-order valence-corrected chi connectivity index (χ2v) is 4.06. The predicted molar refractivity (Wildman–Crippen MR) is 67.3 cm³/mol. The van der Waals surface area contributed by atoms with E-state index in [0.717, 1.165) is 24.0 Å². The summed E-state index contributed by atoms with van der Waals surface area (Å²) >= 11 is 0. The first-order valence-electron chi connectivity index (χ1n) is 5.60. The number of fused-ring (bicyclic) bond motifs is 1. The van der Waals surface area contributed by atoms with E-state index in [-0.39, 0.29) is 6.61 Å². The Bertz CT molecular complexity index is 510. The molecule has 0 amide bonds. The molecular formula is C14H17NO. The molecule has 0 saturated heterocycles. The molecule has 1 N–H and O–H groups in total. The average Bonchev–Trinajstić information content (AvgIpc) is 2.72. The van der Waals surface area contributed by atoms with Gasteiger partial charge in [0, 0.05) is 18.3 Å². The maximum atomic E-state index is 9.33. The van der Waals surface area contributed by atoms with Gasteiger partial charge in [0.25, 0.3) is 0 Å². The van der Waals surface area contributed by atoms with Crippen molar-refractivity contribution in [3.8, 4) is 0 Å². The Morgan fingerprint density at radius 1 is 1.38 bits per heavy atom. The van der Waals surface area contributed by atoms with Gasteiger partial charge in [0.1, 0.15) is 0 Å². The Morgan fingerprint density at radius 3 is 2.88 bits per heavy atom. The summed E-state index contributed by atoms with van der Waals surface area (Å²) in [6.45, 7) is 7.05. The molecule has 0 aliphatic carbocycles. The summed E-state index contributed by atoms with van der Waals surface area (Å²) < 4.78 is 2.16. The van der Waals surface area contributed by atoms with Crippen LogP contribution in [0.3, 0.4) is 0 Å². The third-order valence-corrected chi connectivity index (χ3v) is 2.94. The third kappa shape index (κ3) is 1.89. The molecule has 0 aliphatic heterocycles. The quantitative estimate of drug-likeness (QED) is 0.779. The molecule has 0 fully saturated rings. The maximum absolute atomic E-state index is 9.33. The molecule has 1 aromatic carbocycles. The van der Waals surface area contributed by atoms with E-state index in [1.165, 1.54) is 11.0 Å². The largest absolute Gasteiger partial charge is 0.392 e. The normalized spacial score (nSPS) is 10.9. The minimum absolute atomic E-state index is 0.0833. The molecule has 2 nitrogen and oxygen atoms in total. The zero-order valence-electron chi connectivity index (χ0n) is 9.61. The number of hydrogen-bond donors (Lipinski definition) is 1. The minimum Gasteiger partial charge on any atom is -0.392 e. The lowest BCUT2D eigenvalue weighted by atomic mass is 10.1. The van der Waals surface area contributed by atoms with E-state index >= 15 is 0 Å². The molecule has 1 heterocycles. The van der Waals surface area contributed by atoms with Crippen molar-refractivity contribution >= 4 is 10.9 Å². The Hall–Kier alpha value is -1.54. The first-order chi connectivity index (χ1) is 7.76. The first kappa shape index (κ1) is 11.0. The van der Waals surface area contributed by atoms with Crippen molar-refractivity contribution in [2.45, 2.75) is 26.5 Å². The molecule has 0 bridgehead atoms. The standard InChI is InChI=1S/C14H17NO/c1-3-11(2)9-15-8-7-12-5-4-6-13(10-16)14(12)15/h4-8,16H,2-3,9-10H2,1H3. The van der Waals surface area contributed by atoms with Gasteiger partial charge in [0.05, 0.1) is 12.1 Å². The van der Waals surface area contributed by atoms with Crippen molar-refractivity contribution < 1.29 is 5.11 Å². The second-order valence-electron chi connectivity index (χ2n) is 4.06. The average molecular weight is 215 g/mol. The van der Waals surface area contributed by atoms with E-state index in [9.17, 15) is 5.11 Å². The Balaban J connectivity index is 2.49. The number of hydrogen-bond acceptors (Lipinski definition) is 1. The van der Waals surface area contributed by atoms with Crippen LogP contribution in [0.2, 0.25) is 0 Å². The molecule has 2 heteroatoms. The van der Waals surface area contributed by atoms with Gasteiger partial charge in [0.2, 0.25) is 0 Å². The van der Waals surface area contributed by atoms with Gasteiger partial charge in [0.15, 0.2) is 0 Å². The van der Waals surface area contributed by atoms with Crippen LogP contribution in [0.1, 0.15) is 18.9 Å². The van der Waals surface area contributed by atoms with Crippen molar-refractivity contribution in [3.63, 3.8) is 0 Å². The predicted octanol–water partition coefficient (Wildman–Crippen LogP) is 3.10.